The Morgan fingerprint density at radius 3 is 2.94 bits per heavy atom. The minimum atomic E-state index is -0.264. The van der Waals surface area contributed by atoms with Crippen molar-refractivity contribution in [2.45, 2.75) is 45.3 Å². The predicted molar refractivity (Wildman–Crippen MR) is 114 cm³/mol. The van der Waals surface area contributed by atoms with E-state index in [2.05, 4.69) is 39.5 Å². The highest BCUT2D eigenvalue weighted by molar-refractivity contribution is 5.92. The number of aryl methyl sites for hydroxylation is 1. The lowest BCUT2D eigenvalue weighted by atomic mass is 10.0. The lowest BCUT2D eigenvalue weighted by molar-refractivity contribution is -0.116. The summed E-state index contributed by atoms with van der Waals surface area (Å²) in [5.41, 5.74) is 3.96. The molecule has 31 heavy (non-hydrogen) atoms. The molecule has 0 saturated carbocycles. The molecule has 0 saturated heterocycles. The summed E-state index contributed by atoms with van der Waals surface area (Å²) in [7, 11) is 0. The molecule has 1 aliphatic heterocycles. The van der Waals surface area contributed by atoms with E-state index in [0.717, 1.165) is 36.2 Å². The Hall–Kier alpha value is -3.75. The van der Waals surface area contributed by atoms with Crippen LogP contribution < -0.4 is 10.6 Å². The maximum atomic E-state index is 12.6. The molecule has 0 radical (unpaired) electrons. The second-order valence-corrected chi connectivity index (χ2v) is 7.64. The third-order valence-electron chi connectivity index (χ3n) is 5.32. The van der Waals surface area contributed by atoms with Gasteiger partial charge in [-0.25, -0.2) is 4.68 Å². The normalized spacial score (nSPS) is 15.2. The largest absolute Gasteiger partial charge is 0.347 e. The number of aromatic nitrogens is 5. The Morgan fingerprint density at radius 1 is 1.26 bits per heavy atom. The number of carbonyl (C=O) groups is 2. The van der Waals surface area contributed by atoms with Crippen molar-refractivity contribution in [2.75, 3.05) is 0 Å². The Morgan fingerprint density at radius 2 is 2.13 bits per heavy atom. The van der Waals surface area contributed by atoms with Crippen LogP contribution in [0.15, 0.2) is 49.2 Å². The molecule has 1 aliphatic rings. The number of benzene rings is 1. The summed E-state index contributed by atoms with van der Waals surface area (Å²) in [4.78, 5) is 23.9. The molecular weight excluding hydrogens is 394 g/mol. The summed E-state index contributed by atoms with van der Waals surface area (Å²) in [6, 6.07) is 9.89. The highest BCUT2D eigenvalue weighted by Gasteiger charge is 2.20. The molecular formula is C22H25N7O2. The van der Waals surface area contributed by atoms with Crippen molar-refractivity contribution in [2.24, 2.45) is 0 Å². The number of nitrogens with zero attached hydrogens (tertiary/aromatic N) is 5. The summed E-state index contributed by atoms with van der Waals surface area (Å²) in [6.07, 6.45) is 6.14. The van der Waals surface area contributed by atoms with Crippen molar-refractivity contribution >= 4 is 11.8 Å². The van der Waals surface area contributed by atoms with Crippen LogP contribution in [0.1, 0.15) is 53.2 Å². The van der Waals surface area contributed by atoms with Crippen molar-refractivity contribution in [3.63, 3.8) is 0 Å². The monoisotopic (exact) mass is 419 g/mol. The average molecular weight is 419 g/mol. The van der Waals surface area contributed by atoms with Gasteiger partial charge in [0.1, 0.15) is 11.4 Å². The van der Waals surface area contributed by atoms with Crippen molar-refractivity contribution in [1.82, 2.24) is 35.4 Å². The van der Waals surface area contributed by atoms with Crippen molar-refractivity contribution in [3.05, 3.63) is 71.8 Å². The van der Waals surface area contributed by atoms with E-state index < -0.39 is 0 Å². The number of amides is 2. The van der Waals surface area contributed by atoms with Gasteiger partial charge < -0.3 is 10.6 Å². The number of fused-ring (bicyclic) bond motifs is 1. The average Bonchev–Trinajstić information content (AvgIpc) is 3.44. The van der Waals surface area contributed by atoms with Crippen LogP contribution in [0.5, 0.6) is 0 Å². The SMILES string of the molecule is C=CC(=O)NCc1cn(-c2cccc(CNC(=O)c3cc4n(n3)C(C)CCC4)c2)nn1. The Balaban J connectivity index is 1.39. The van der Waals surface area contributed by atoms with Gasteiger partial charge in [-0.05, 0) is 56.0 Å². The minimum Gasteiger partial charge on any atom is -0.347 e. The fraction of sp³-hybridized carbons (Fsp3) is 0.318. The van der Waals surface area contributed by atoms with Gasteiger partial charge in [-0.2, -0.15) is 5.10 Å². The fourth-order valence-corrected chi connectivity index (χ4v) is 3.65. The van der Waals surface area contributed by atoms with E-state index in [-0.39, 0.29) is 18.4 Å². The van der Waals surface area contributed by atoms with Crippen LogP contribution in [0.25, 0.3) is 5.69 Å². The number of hydrogen-bond acceptors (Lipinski definition) is 5. The lowest BCUT2D eigenvalue weighted by Gasteiger charge is -2.20. The van der Waals surface area contributed by atoms with Crippen LogP contribution in [-0.4, -0.2) is 36.6 Å². The zero-order valence-corrected chi connectivity index (χ0v) is 17.4. The van der Waals surface area contributed by atoms with E-state index in [1.807, 2.05) is 35.0 Å². The molecule has 9 nitrogen and oxygen atoms in total. The molecule has 0 fully saturated rings. The fourth-order valence-electron chi connectivity index (χ4n) is 3.65. The summed E-state index contributed by atoms with van der Waals surface area (Å²) in [6.45, 7) is 6.20. The number of nitrogens with one attached hydrogen (secondary N) is 2. The van der Waals surface area contributed by atoms with Gasteiger partial charge in [0.15, 0.2) is 0 Å². The van der Waals surface area contributed by atoms with Gasteiger partial charge in [0.2, 0.25) is 5.91 Å². The Kier molecular flexibility index (Phi) is 5.92. The highest BCUT2D eigenvalue weighted by Crippen LogP contribution is 2.24. The number of carbonyl (C=O) groups excluding carboxylic acids is 2. The zero-order valence-electron chi connectivity index (χ0n) is 17.4. The summed E-state index contributed by atoms with van der Waals surface area (Å²) >= 11 is 0. The Bertz CT molecular complexity index is 1110. The zero-order chi connectivity index (χ0) is 21.8. The molecule has 0 aliphatic carbocycles. The Labute approximate surface area is 180 Å². The predicted octanol–water partition coefficient (Wildman–Crippen LogP) is 2.09. The first-order valence-corrected chi connectivity index (χ1v) is 10.3. The quantitative estimate of drug-likeness (QED) is 0.571. The van der Waals surface area contributed by atoms with Crippen molar-refractivity contribution < 1.29 is 9.59 Å². The standard InChI is InChI=1S/C22H25N7O2/c1-3-21(30)23-13-17-14-28(27-25-17)18-8-5-7-16(10-18)12-24-22(31)20-11-19-9-4-6-15(2)29(19)26-20/h3,5,7-8,10-11,14-15H,1,4,6,9,12-13H2,2H3,(H,23,30)(H,24,31). The van der Waals surface area contributed by atoms with Crippen molar-refractivity contribution in [3.8, 4) is 5.69 Å². The maximum Gasteiger partial charge on any atom is 0.272 e. The van der Waals surface area contributed by atoms with Crippen LogP contribution in [0.3, 0.4) is 0 Å². The maximum absolute atomic E-state index is 12.6. The summed E-state index contributed by atoms with van der Waals surface area (Å²) in [5.74, 6) is -0.444. The summed E-state index contributed by atoms with van der Waals surface area (Å²) < 4.78 is 3.60. The van der Waals surface area contributed by atoms with Gasteiger partial charge in [0.05, 0.1) is 18.4 Å². The van der Waals surface area contributed by atoms with E-state index in [9.17, 15) is 9.59 Å². The first-order valence-electron chi connectivity index (χ1n) is 10.3. The molecule has 1 atom stereocenters. The van der Waals surface area contributed by atoms with Gasteiger partial charge in [-0.3, -0.25) is 14.3 Å². The molecule has 1 unspecified atom stereocenters. The van der Waals surface area contributed by atoms with Gasteiger partial charge in [0, 0.05) is 18.3 Å². The van der Waals surface area contributed by atoms with Gasteiger partial charge in [-0.1, -0.05) is 23.9 Å². The highest BCUT2D eigenvalue weighted by atomic mass is 16.2. The van der Waals surface area contributed by atoms with Crippen LogP contribution >= 0.6 is 0 Å². The summed E-state index contributed by atoms with van der Waals surface area (Å²) in [5, 5.41) is 18.3. The lowest BCUT2D eigenvalue weighted by Crippen LogP contribution is -2.24. The van der Waals surface area contributed by atoms with Gasteiger partial charge in [-0.15, -0.1) is 5.10 Å². The van der Waals surface area contributed by atoms with E-state index in [1.165, 1.54) is 6.08 Å². The molecule has 2 aromatic heterocycles. The number of rotatable bonds is 7. The molecule has 3 heterocycles. The third-order valence-corrected chi connectivity index (χ3v) is 5.32. The molecule has 2 N–H and O–H groups in total. The smallest absolute Gasteiger partial charge is 0.272 e. The van der Waals surface area contributed by atoms with E-state index in [0.29, 0.717) is 24.0 Å². The number of hydrogen-bond donors (Lipinski definition) is 2. The minimum absolute atomic E-state index is 0.180. The first kappa shape index (κ1) is 20.5. The van der Waals surface area contributed by atoms with Crippen LogP contribution in [0, 0.1) is 0 Å². The molecule has 1 aromatic carbocycles. The van der Waals surface area contributed by atoms with Crippen LogP contribution in [0.4, 0.5) is 0 Å². The molecule has 0 bridgehead atoms. The molecule has 4 rings (SSSR count). The first-order chi connectivity index (χ1) is 15.0. The van der Waals surface area contributed by atoms with E-state index in [4.69, 9.17) is 0 Å². The van der Waals surface area contributed by atoms with E-state index in [1.54, 1.807) is 10.9 Å². The van der Waals surface area contributed by atoms with Gasteiger partial charge >= 0.3 is 0 Å². The molecule has 160 valence electrons. The topological polar surface area (TPSA) is 107 Å². The third kappa shape index (κ3) is 4.71. The van der Waals surface area contributed by atoms with Crippen LogP contribution in [0.2, 0.25) is 0 Å². The van der Waals surface area contributed by atoms with Gasteiger partial charge in [0.25, 0.3) is 5.91 Å². The molecule has 9 heteroatoms. The second-order valence-electron chi connectivity index (χ2n) is 7.64. The van der Waals surface area contributed by atoms with Crippen molar-refractivity contribution in [1.29, 1.82) is 0 Å². The molecule has 2 amide bonds. The van der Waals surface area contributed by atoms with Crippen LogP contribution in [-0.2, 0) is 24.3 Å². The molecule has 3 aromatic rings. The van der Waals surface area contributed by atoms with E-state index >= 15 is 0 Å². The molecule has 0 spiro atoms. The second kappa shape index (κ2) is 8.95.